The minimum absolute atomic E-state index is 0.143. The molecule has 0 amide bonds. The van der Waals surface area contributed by atoms with Crippen LogP contribution in [0.1, 0.15) is 39.5 Å². The molecular weight excluding hydrogens is 380 g/mol. The van der Waals surface area contributed by atoms with Crippen LogP contribution in [-0.4, -0.2) is 23.2 Å². The molecule has 0 saturated heterocycles. The molecule has 5 nitrogen and oxygen atoms in total. The summed E-state index contributed by atoms with van der Waals surface area (Å²) in [6, 6.07) is 15.6. The van der Waals surface area contributed by atoms with Gasteiger partial charge in [0.2, 0.25) is 5.13 Å². The third-order valence-electron chi connectivity index (χ3n) is 4.69. The molecule has 29 heavy (non-hydrogen) atoms. The average Bonchev–Trinajstić information content (AvgIpc) is 3.23. The molecule has 0 bridgehead atoms. The molecule has 0 fully saturated rings. The Balaban J connectivity index is 1.72. The lowest BCUT2D eigenvalue weighted by Crippen LogP contribution is -2.25. The van der Waals surface area contributed by atoms with Crippen LogP contribution in [0.15, 0.2) is 64.1 Å². The van der Waals surface area contributed by atoms with Crippen molar-refractivity contribution >= 4 is 27.8 Å². The summed E-state index contributed by atoms with van der Waals surface area (Å²) in [7, 11) is 0. The zero-order valence-corrected chi connectivity index (χ0v) is 17.9. The van der Waals surface area contributed by atoms with E-state index in [0.29, 0.717) is 10.8 Å². The highest BCUT2D eigenvalue weighted by Gasteiger charge is 2.10. The lowest BCUT2D eigenvalue weighted by Gasteiger charge is -2.25. The number of thiazole rings is 1. The van der Waals surface area contributed by atoms with Crippen molar-refractivity contribution in [3.05, 3.63) is 53.9 Å². The number of phenols is 1. The molecular formula is C23H28N4OS. The maximum atomic E-state index is 10.5. The van der Waals surface area contributed by atoms with Crippen LogP contribution >= 0.6 is 11.3 Å². The van der Waals surface area contributed by atoms with Gasteiger partial charge in [-0.15, -0.1) is 21.6 Å². The number of unbranched alkanes of at least 4 members (excludes halogenated alkanes) is 2. The Morgan fingerprint density at radius 2 is 1.69 bits per heavy atom. The molecule has 0 aliphatic carbocycles. The Morgan fingerprint density at radius 3 is 2.34 bits per heavy atom. The van der Waals surface area contributed by atoms with E-state index in [1.54, 1.807) is 6.07 Å². The van der Waals surface area contributed by atoms with Crippen LogP contribution in [0.3, 0.4) is 0 Å². The molecule has 152 valence electrons. The van der Waals surface area contributed by atoms with Gasteiger partial charge in [0.05, 0.1) is 5.69 Å². The number of aromatic nitrogens is 1. The molecule has 6 heteroatoms. The lowest BCUT2D eigenvalue weighted by atomic mass is 10.2. The number of azo groups is 1. The minimum Gasteiger partial charge on any atom is -0.506 e. The first kappa shape index (κ1) is 21.0. The number of benzene rings is 2. The molecule has 0 unspecified atom stereocenters. The van der Waals surface area contributed by atoms with E-state index in [4.69, 9.17) is 0 Å². The molecule has 2 aromatic carbocycles. The van der Waals surface area contributed by atoms with Gasteiger partial charge >= 0.3 is 0 Å². The highest BCUT2D eigenvalue weighted by molar-refractivity contribution is 7.13. The van der Waals surface area contributed by atoms with Gasteiger partial charge in [-0.3, -0.25) is 0 Å². The van der Waals surface area contributed by atoms with Gasteiger partial charge in [0.15, 0.2) is 0 Å². The summed E-state index contributed by atoms with van der Waals surface area (Å²) in [5.74, 6) is 0.143. The van der Waals surface area contributed by atoms with E-state index in [0.717, 1.165) is 55.7 Å². The van der Waals surface area contributed by atoms with Gasteiger partial charge in [0.1, 0.15) is 11.4 Å². The second-order valence-electron chi connectivity index (χ2n) is 6.95. The molecule has 0 radical (unpaired) electrons. The maximum absolute atomic E-state index is 10.5. The Morgan fingerprint density at radius 1 is 0.966 bits per heavy atom. The summed E-state index contributed by atoms with van der Waals surface area (Å²) in [6.07, 6.45) is 4.58. The Labute approximate surface area is 176 Å². The first-order valence-corrected chi connectivity index (χ1v) is 11.1. The van der Waals surface area contributed by atoms with Crippen molar-refractivity contribution in [1.82, 2.24) is 4.98 Å². The van der Waals surface area contributed by atoms with Crippen molar-refractivity contribution in [3.8, 4) is 17.0 Å². The van der Waals surface area contributed by atoms with Crippen molar-refractivity contribution in [2.75, 3.05) is 18.0 Å². The van der Waals surface area contributed by atoms with Crippen molar-refractivity contribution < 1.29 is 5.11 Å². The van der Waals surface area contributed by atoms with E-state index in [1.165, 1.54) is 11.3 Å². The van der Waals surface area contributed by atoms with Crippen molar-refractivity contribution in [1.29, 1.82) is 0 Å². The molecule has 3 aromatic rings. The molecule has 0 spiro atoms. The summed E-state index contributed by atoms with van der Waals surface area (Å²) in [6.45, 7) is 6.39. The molecule has 1 heterocycles. The minimum atomic E-state index is 0.143. The summed E-state index contributed by atoms with van der Waals surface area (Å²) in [5, 5.41) is 21.4. The average molecular weight is 409 g/mol. The third kappa shape index (κ3) is 5.87. The van der Waals surface area contributed by atoms with Crippen molar-refractivity contribution in [2.45, 2.75) is 39.5 Å². The number of anilines is 1. The standard InChI is InChI=1S/C23H28N4OS/c1-3-5-14-27(15-6-4-2)19-12-13-20(22(28)16-19)25-26-23-24-21(17-29-23)18-10-8-7-9-11-18/h7-13,16-17,28H,3-6,14-15H2,1-2H3. The number of hydrogen-bond donors (Lipinski definition) is 1. The van der Waals surface area contributed by atoms with E-state index < -0.39 is 0 Å². The Kier molecular flexibility index (Phi) is 7.76. The zero-order valence-electron chi connectivity index (χ0n) is 17.1. The van der Waals surface area contributed by atoms with E-state index in [1.807, 2.05) is 47.8 Å². The van der Waals surface area contributed by atoms with Crippen LogP contribution in [0.2, 0.25) is 0 Å². The largest absolute Gasteiger partial charge is 0.506 e. The highest BCUT2D eigenvalue weighted by Crippen LogP contribution is 2.34. The summed E-state index contributed by atoms with van der Waals surface area (Å²) < 4.78 is 0. The van der Waals surface area contributed by atoms with Gasteiger partial charge < -0.3 is 10.0 Å². The molecule has 0 aliphatic heterocycles. The van der Waals surface area contributed by atoms with Crippen LogP contribution in [0.5, 0.6) is 5.75 Å². The van der Waals surface area contributed by atoms with Crippen LogP contribution in [-0.2, 0) is 0 Å². The number of nitrogens with zero attached hydrogens (tertiary/aromatic N) is 4. The predicted octanol–water partition coefficient (Wildman–Crippen LogP) is 7.34. The van der Waals surface area contributed by atoms with Crippen molar-refractivity contribution in [3.63, 3.8) is 0 Å². The maximum Gasteiger partial charge on any atom is 0.230 e. The molecule has 1 N–H and O–H groups in total. The number of phenolic OH excluding ortho intramolecular Hbond substituents is 1. The Bertz CT molecular complexity index is 916. The summed E-state index contributed by atoms with van der Waals surface area (Å²) >= 11 is 1.43. The highest BCUT2D eigenvalue weighted by atomic mass is 32.1. The van der Waals surface area contributed by atoms with Crippen LogP contribution < -0.4 is 4.90 Å². The third-order valence-corrected chi connectivity index (χ3v) is 5.42. The van der Waals surface area contributed by atoms with Gasteiger partial charge in [0.25, 0.3) is 0 Å². The van der Waals surface area contributed by atoms with Gasteiger partial charge in [-0.05, 0) is 25.0 Å². The first-order chi connectivity index (χ1) is 14.2. The van der Waals surface area contributed by atoms with E-state index in [9.17, 15) is 5.11 Å². The fraction of sp³-hybridized carbons (Fsp3) is 0.348. The monoisotopic (exact) mass is 408 g/mol. The smallest absolute Gasteiger partial charge is 0.230 e. The molecule has 0 aliphatic rings. The zero-order chi connectivity index (χ0) is 20.5. The Hall–Kier alpha value is -2.73. The molecule has 0 saturated carbocycles. The fourth-order valence-corrected chi connectivity index (χ4v) is 3.65. The second-order valence-corrected chi connectivity index (χ2v) is 7.79. The topological polar surface area (TPSA) is 61.1 Å². The van der Waals surface area contributed by atoms with Crippen molar-refractivity contribution in [2.24, 2.45) is 10.2 Å². The number of hydrogen-bond acceptors (Lipinski definition) is 6. The molecule has 3 rings (SSSR count). The van der Waals surface area contributed by atoms with Gasteiger partial charge in [-0.1, -0.05) is 57.0 Å². The van der Waals surface area contributed by atoms with Gasteiger partial charge in [-0.25, -0.2) is 4.98 Å². The van der Waals surface area contributed by atoms with E-state index in [2.05, 4.69) is 34.0 Å². The van der Waals surface area contributed by atoms with Crippen LogP contribution in [0.4, 0.5) is 16.5 Å². The number of aromatic hydroxyl groups is 1. The van der Waals surface area contributed by atoms with Crippen LogP contribution in [0, 0.1) is 0 Å². The first-order valence-electron chi connectivity index (χ1n) is 10.2. The predicted molar refractivity (Wildman–Crippen MR) is 122 cm³/mol. The summed E-state index contributed by atoms with van der Waals surface area (Å²) in [5.41, 5.74) is 3.42. The molecule has 1 aromatic heterocycles. The van der Waals surface area contributed by atoms with E-state index >= 15 is 0 Å². The number of rotatable bonds is 10. The normalized spacial score (nSPS) is 11.2. The quantitative estimate of drug-likeness (QED) is 0.357. The van der Waals surface area contributed by atoms with Crippen LogP contribution in [0.25, 0.3) is 11.3 Å². The van der Waals surface area contributed by atoms with Gasteiger partial charge in [0, 0.05) is 35.8 Å². The lowest BCUT2D eigenvalue weighted by molar-refractivity contribution is 0.476. The summed E-state index contributed by atoms with van der Waals surface area (Å²) in [4.78, 5) is 6.84. The fourth-order valence-electron chi connectivity index (χ4n) is 3.01. The van der Waals surface area contributed by atoms with E-state index in [-0.39, 0.29) is 5.75 Å². The SMILES string of the molecule is CCCCN(CCCC)c1ccc(N=Nc2nc(-c3ccccc3)cs2)c(O)c1. The van der Waals surface area contributed by atoms with Gasteiger partial charge in [-0.2, -0.15) is 0 Å². The molecule has 0 atom stereocenters. The second kappa shape index (κ2) is 10.7.